The number of amides is 1. The van der Waals surface area contributed by atoms with Gasteiger partial charge in [0.2, 0.25) is 0 Å². The summed E-state index contributed by atoms with van der Waals surface area (Å²) >= 11 is 0. The van der Waals surface area contributed by atoms with E-state index in [9.17, 15) is 9.90 Å². The number of aliphatic hydroxyl groups excluding tert-OH is 1. The van der Waals surface area contributed by atoms with Crippen LogP contribution in [0.15, 0.2) is 24.3 Å². The fourth-order valence-corrected chi connectivity index (χ4v) is 6.67. The number of nitrogens with one attached hydrogen (secondary N) is 1. The number of carbonyl (C=O) groups excluding carboxylic acids is 1. The Morgan fingerprint density at radius 1 is 0.943 bits per heavy atom. The minimum absolute atomic E-state index is 0.0371. The van der Waals surface area contributed by atoms with Crippen LogP contribution in [0.2, 0.25) is 0 Å². The van der Waals surface area contributed by atoms with E-state index in [0.717, 1.165) is 83.7 Å². The van der Waals surface area contributed by atoms with Crippen molar-refractivity contribution in [3.8, 4) is 0 Å². The lowest BCUT2D eigenvalue weighted by Gasteiger charge is -2.49. The minimum Gasteiger partial charge on any atom is -0.391 e. The van der Waals surface area contributed by atoms with Crippen molar-refractivity contribution in [1.82, 2.24) is 15.1 Å². The first kappa shape index (κ1) is 25.0. The third-order valence-electron chi connectivity index (χ3n) is 8.84. The van der Waals surface area contributed by atoms with Gasteiger partial charge in [0.1, 0.15) is 0 Å². The number of nitrogens with zero attached hydrogens (tertiary/aromatic N) is 3. The average molecular weight is 485 g/mol. The molecule has 3 saturated heterocycles. The second-order valence-electron chi connectivity index (χ2n) is 11.1. The number of morpholine rings is 1. The van der Waals surface area contributed by atoms with Crippen molar-refractivity contribution in [1.29, 1.82) is 0 Å². The Labute approximate surface area is 210 Å². The highest BCUT2D eigenvalue weighted by molar-refractivity contribution is 5.94. The Morgan fingerprint density at radius 2 is 1.66 bits per heavy atom. The molecule has 0 bridgehead atoms. The van der Waals surface area contributed by atoms with E-state index in [4.69, 9.17) is 4.74 Å². The van der Waals surface area contributed by atoms with E-state index in [0.29, 0.717) is 18.1 Å². The second kappa shape index (κ2) is 11.6. The molecule has 4 aliphatic rings. The molecular weight excluding hydrogens is 440 g/mol. The van der Waals surface area contributed by atoms with Gasteiger partial charge in [0.15, 0.2) is 0 Å². The van der Waals surface area contributed by atoms with E-state index in [1.165, 1.54) is 37.8 Å². The number of benzene rings is 1. The molecule has 1 aromatic rings. The summed E-state index contributed by atoms with van der Waals surface area (Å²) in [7, 11) is 0. The molecule has 194 valence electrons. The molecule has 35 heavy (non-hydrogen) atoms. The third kappa shape index (κ3) is 6.01. The molecule has 0 aromatic heterocycles. The lowest BCUT2D eigenvalue weighted by Crippen LogP contribution is -2.60. The van der Waals surface area contributed by atoms with Crippen LogP contribution in [0.1, 0.15) is 68.1 Å². The van der Waals surface area contributed by atoms with Crippen LogP contribution in [-0.4, -0.2) is 97.5 Å². The molecule has 1 atom stereocenters. The van der Waals surface area contributed by atoms with Crippen LogP contribution in [0, 0.1) is 0 Å². The van der Waals surface area contributed by atoms with E-state index in [-0.39, 0.29) is 12.0 Å². The molecular formula is C28H44N4O3. The van der Waals surface area contributed by atoms with Crippen LogP contribution >= 0.6 is 0 Å². The summed E-state index contributed by atoms with van der Waals surface area (Å²) in [5.74, 6) is 0.0371. The maximum Gasteiger partial charge on any atom is 0.253 e. The standard InChI is InChI=1S/C28H44N4O3/c33-26-5-4-14-31(21-26)27(34)23-6-8-25(9-7-23)30-15-10-24(11-16-30)29-22-28(12-2-1-3-13-28)32-17-19-35-20-18-32/h6-9,24,26,29,33H,1-5,10-22H2/t26-/m0/s1. The number of hydrogen-bond donors (Lipinski definition) is 2. The number of hydrogen-bond acceptors (Lipinski definition) is 6. The molecule has 7 nitrogen and oxygen atoms in total. The quantitative estimate of drug-likeness (QED) is 0.647. The highest BCUT2D eigenvalue weighted by Crippen LogP contribution is 2.34. The normalized spacial score (nSPS) is 26.6. The first-order chi connectivity index (χ1) is 17.1. The van der Waals surface area contributed by atoms with E-state index in [1.54, 1.807) is 4.90 Å². The summed E-state index contributed by atoms with van der Waals surface area (Å²) in [5.41, 5.74) is 2.25. The summed E-state index contributed by atoms with van der Waals surface area (Å²) in [5, 5.41) is 13.9. The minimum atomic E-state index is -0.385. The van der Waals surface area contributed by atoms with Crippen LogP contribution in [0.5, 0.6) is 0 Å². The number of ether oxygens (including phenoxy) is 1. The summed E-state index contributed by atoms with van der Waals surface area (Å²) in [4.78, 5) is 19.8. The molecule has 1 aromatic carbocycles. The molecule has 3 heterocycles. The maximum absolute atomic E-state index is 12.8. The van der Waals surface area contributed by atoms with E-state index < -0.39 is 0 Å². The van der Waals surface area contributed by atoms with Crippen molar-refractivity contribution in [2.75, 3.05) is 63.9 Å². The Bertz CT molecular complexity index is 812. The van der Waals surface area contributed by atoms with Crippen molar-refractivity contribution in [3.05, 3.63) is 29.8 Å². The maximum atomic E-state index is 12.8. The van der Waals surface area contributed by atoms with E-state index >= 15 is 0 Å². The van der Waals surface area contributed by atoms with Crippen molar-refractivity contribution in [2.45, 2.75) is 75.5 Å². The van der Waals surface area contributed by atoms with Gasteiger partial charge in [-0.25, -0.2) is 0 Å². The Balaban J connectivity index is 1.11. The zero-order valence-corrected chi connectivity index (χ0v) is 21.3. The molecule has 1 saturated carbocycles. The highest BCUT2D eigenvalue weighted by Gasteiger charge is 2.39. The first-order valence-electron chi connectivity index (χ1n) is 14.0. The number of aliphatic hydroxyl groups is 1. The summed E-state index contributed by atoms with van der Waals surface area (Å²) < 4.78 is 5.64. The number of piperidine rings is 2. The first-order valence-corrected chi connectivity index (χ1v) is 14.0. The van der Waals surface area contributed by atoms with Gasteiger partial charge in [0.05, 0.1) is 19.3 Å². The van der Waals surface area contributed by atoms with Crippen LogP contribution < -0.4 is 10.2 Å². The van der Waals surface area contributed by atoms with Gasteiger partial charge in [-0.1, -0.05) is 19.3 Å². The van der Waals surface area contributed by atoms with Crippen LogP contribution in [0.25, 0.3) is 0 Å². The van der Waals surface area contributed by atoms with E-state index in [2.05, 4.69) is 27.2 Å². The van der Waals surface area contributed by atoms with Crippen LogP contribution in [0.4, 0.5) is 5.69 Å². The van der Waals surface area contributed by atoms with Crippen LogP contribution in [0.3, 0.4) is 0 Å². The average Bonchev–Trinajstić information content (AvgIpc) is 2.93. The molecule has 0 spiro atoms. The van der Waals surface area contributed by atoms with Crippen molar-refractivity contribution in [2.24, 2.45) is 0 Å². The lowest BCUT2D eigenvalue weighted by molar-refractivity contribution is -0.0379. The van der Waals surface area contributed by atoms with Crippen molar-refractivity contribution >= 4 is 11.6 Å². The van der Waals surface area contributed by atoms with Crippen LogP contribution in [-0.2, 0) is 4.74 Å². The molecule has 2 N–H and O–H groups in total. The van der Waals surface area contributed by atoms with Gasteiger partial charge >= 0.3 is 0 Å². The van der Waals surface area contributed by atoms with Gasteiger partial charge in [-0.05, 0) is 62.8 Å². The third-order valence-corrected chi connectivity index (χ3v) is 8.84. The number of anilines is 1. The van der Waals surface area contributed by atoms with Gasteiger partial charge < -0.3 is 25.0 Å². The van der Waals surface area contributed by atoms with Crippen molar-refractivity contribution < 1.29 is 14.6 Å². The molecule has 3 aliphatic heterocycles. The monoisotopic (exact) mass is 484 g/mol. The predicted octanol–water partition coefficient (Wildman–Crippen LogP) is 2.88. The zero-order chi connectivity index (χ0) is 24.1. The van der Waals surface area contributed by atoms with Gasteiger partial charge in [0, 0.05) is 68.6 Å². The number of likely N-dealkylation sites (tertiary alicyclic amines) is 1. The zero-order valence-electron chi connectivity index (χ0n) is 21.3. The number of rotatable bonds is 6. The molecule has 4 fully saturated rings. The topological polar surface area (TPSA) is 68.3 Å². The Hall–Kier alpha value is -1.67. The molecule has 0 radical (unpaired) electrons. The van der Waals surface area contributed by atoms with Gasteiger partial charge in [0.25, 0.3) is 5.91 Å². The number of β-amino-alcohol motifs (C(OH)–C–C–N with tert-alkyl or cyclic N) is 1. The summed E-state index contributed by atoms with van der Waals surface area (Å²) in [6.45, 7) is 8.32. The SMILES string of the molecule is O=C(c1ccc(N2CCC(NCC3(N4CCOCC4)CCCCC3)CC2)cc1)N1CCC[C@H](O)C1. The highest BCUT2D eigenvalue weighted by atomic mass is 16.5. The fraction of sp³-hybridized carbons (Fsp3) is 0.750. The lowest BCUT2D eigenvalue weighted by atomic mass is 9.79. The number of carbonyl (C=O) groups is 1. The summed E-state index contributed by atoms with van der Waals surface area (Å²) in [6, 6.07) is 8.68. The van der Waals surface area contributed by atoms with Gasteiger partial charge in [-0.2, -0.15) is 0 Å². The Kier molecular flexibility index (Phi) is 8.28. The molecule has 1 amide bonds. The molecule has 1 aliphatic carbocycles. The van der Waals surface area contributed by atoms with Crippen molar-refractivity contribution in [3.63, 3.8) is 0 Å². The largest absolute Gasteiger partial charge is 0.391 e. The second-order valence-corrected chi connectivity index (χ2v) is 11.1. The smallest absolute Gasteiger partial charge is 0.253 e. The molecule has 0 unspecified atom stereocenters. The molecule has 5 rings (SSSR count). The predicted molar refractivity (Wildman–Crippen MR) is 139 cm³/mol. The fourth-order valence-electron chi connectivity index (χ4n) is 6.67. The Morgan fingerprint density at radius 3 is 2.34 bits per heavy atom. The summed E-state index contributed by atoms with van der Waals surface area (Å²) in [6.07, 6.45) is 10.3. The van der Waals surface area contributed by atoms with E-state index in [1.807, 2.05) is 12.1 Å². The van der Waals surface area contributed by atoms with Gasteiger partial charge in [-0.3, -0.25) is 9.69 Å². The molecule has 7 heteroatoms. The van der Waals surface area contributed by atoms with Gasteiger partial charge in [-0.15, -0.1) is 0 Å².